The Morgan fingerprint density at radius 1 is 1.25 bits per heavy atom. The van der Waals surface area contributed by atoms with Crippen LogP contribution in [0.2, 0.25) is 0 Å². The summed E-state index contributed by atoms with van der Waals surface area (Å²) < 4.78 is 0. The molecule has 1 fully saturated rings. The number of piperidine rings is 1. The van der Waals surface area contributed by atoms with Crippen molar-refractivity contribution in [3.63, 3.8) is 0 Å². The summed E-state index contributed by atoms with van der Waals surface area (Å²) in [7, 11) is 0. The molecule has 4 unspecified atom stereocenters. The predicted octanol–water partition coefficient (Wildman–Crippen LogP) is 2.20. The molecule has 1 saturated heterocycles. The Kier molecular flexibility index (Phi) is 4.84. The van der Waals surface area contributed by atoms with E-state index >= 15 is 0 Å². The summed E-state index contributed by atoms with van der Waals surface area (Å²) in [5, 5.41) is 11.0. The number of hydrogen-bond acceptors (Lipinski definition) is 3. The van der Waals surface area contributed by atoms with E-state index in [1.165, 1.54) is 6.42 Å². The van der Waals surface area contributed by atoms with Gasteiger partial charge in [-0.15, -0.1) is 0 Å². The van der Waals surface area contributed by atoms with E-state index in [1.54, 1.807) is 0 Å². The molecule has 3 heteroatoms. The van der Waals surface area contributed by atoms with Gasteiger partial charge in [-0.1, -0.05) is 44.2 Å². The maximum Gasteiger partial charge on any atom is 0.114 e. The molecular weight excluding hydrogens is 248 g/mol. The highest BCUT2D eigenvalue weighted by atomic mass is 16.3. The molecule has 0 amide bonds. The Morgan fingerprint density at radius 3 is 2.50 bits per heavy atom. The Labute approximate surface area is 122 Å². The van der Waals surface area contributed by atoms with Crippen molar-refractivity contribution >= 4 is 0 Å². The lowest BCUT2D eigenvalue weighted by molar-refractivity contribution is -0.0308. The third-order valence-electron chi connectivity index (χ3n) is 4.83. The molecule has 0 bridgehead atoms. The zero-order valence-corrected chi connectivity index (χ0v) is 12.9. The second-order valence-corrected chi connectivity index (χ2v) is 6.59. The van der Waals surface area contributed by atoms with Crippen molar-refractivity contribution in [2.45, 2.75) is 38.8 Å². The minimum Gasteiger partial charge on any atom is -0.382 e. The van der Waals surface area contributed by atoms with Gasteiger partial charge < -0.3 is 10.8 Å². The maximum atomic E-state index is 11.0. The molecule has 0 radical (unpaired) electrons. The number of benzene rings is 1. The minimum atomic E-state index is -0.952. The first-order chi connectivity index (χ1) is 9.46. The molecule has 0 aliphatic carbocycles. The lowest BCUT2D eigenvalue weighted by Crippen LogP contribution is -2.53. The number of aliphatic hydroxyl groups is 1. The minimum absolute atomic E-state index is 0.253. The fourth-order valence-electron chi connectivity index (χ4n) is 3.40. The van der Waals surface area contributed by atoms with E-state index in [0.29, 0.717) is 24.4 Å². The zero-order valence-electron chi connectivity index (χ0n) is 12.9. The van der Waals surface area contributed by atoms with Crippen molar-refractivity contribution < 1.29 is 5.11 Å². The summed E-state index contributed by atoms with van der Waals surface area (Å²) in [6, 6.07) is 10.3. The molecular formula is C17H28N2O. The zero-order chi connectivity index (χ0) is 14.8. The Hall–Kier alpha value is -0.900. The summed E-state index contributed by atoms with van der Waals surface area (Å²) in [6.45, 7) is 8.77. The highest BCUT2D eigenvalue weighted by molar-refractivity contribution is 5.23. The molecule has 4 atom stereocenters. The van der Waals surface area contributed by atoms with Crippen LogP contribution in [0.5, 0.6) is 0 Å². The van der Waals surface area contributed by atoms with Gasteiger partial charge in [0, 0.05) is 25.7 Å². The number of nitrogens with two attached hydrogens (primary N) is 1. The molecule has 0 aromatic heterocycles. The van der Waals surface area contributed by atoms with Crippen LogP contribution in [-0.2, 0) is 5.60 Å². The molecule has 1 heterocycles. The van der Waals surface area contributed by atoms with Crippen LogP contribution in [0.1, 0.15) is 32.8 Å². The third kappa shape index (κ3) is 3.22. The monoisotopic (exact) mass is 276 g/mol. The number of rotatable bonds is 4. The largest absolute Gasteiger partial charge is 0.382 e. The highest BCUT2D eigenvalue weighted by Crippen LogP contribution is 2.30. The van der Waals surface area contributed by atoms with Gasteiger partial charge in [0.15, 0.2) is 0 Å². The average Bonchev–Trinajstić information content (AvgIpc) is 2.45. The van der Waals surface area contributed by atoms with Gasteiger partial charge in [-0.3, -0.25) is 4.90 Å². The van der Waals surface area contributed by atoms with Crippen LogP contribution >= 0.6 is 0 Å². The topological polar surface area (TPSA) is 49.5 Å². The van der Waals surface area contributed by atoms with Crippen molar-refractivity contribution in [2.24, 2.45) is 17.6 Å². The first kappa shape index (κ1) is 15.5. The molecule has 1 aliphatic heterocycles. The van der Waals surface area contributed by atoms with Gasteiger partial charge in [-0.05, 0) is 30.7 Å². The average molecular weight is 276 g/mol. The van der Waals surface area contributed by atoms with E-state index in [4.69, 9.17) is 5.73 Å². The highest BCUT2D eigenvalue weighted by Gasteiger charge is 2.36. The van der Waals surface area contributed by atoms with Gasteiger partial charge in [-0.2, -0.15) is 0 Å². The van der Waals surface area contributed by atoms with Gasteiger partial charge in [0.1, 0.15) is 5.60 Å². The van der Waals surface area contributed by atoms with Crippen LogP contribution in [0.15, 0.2) is 30.3 Å². The van der Waals surface area contributed by atoms with Crippen LogP contribution in [0, 0.1) is 11.8 Å². The maximum absolute atomic E-state index is 11.0. The van der Waals surface area contributed by atoms with Crippen LogP contribution in [0.25, 0.3) is 0 Å². The van der Waals surface area contributed by atoms with Crippen molar-refractivity contribution in [2.75, 3.05) is 19.6 Å². The predicted molar refractivity (Wildman–Crippen MR) is 83.4 cm³/mol. The SMILES string of the molecule is CC1CC(C)C(C)N(CC(O)(CN)c2ccccc2)C1. The first-order valence-corrected chi connectivity index (χ1v) is 7.68. The molecule has 112 valence electrons. The number of hydrogen-bond donors (Lipinski definition) is 2. The Morgan fingerprint density at radius 2 is 1.90 bits per heavy atom. The molecule has 1 aromatic carbocycles. The quantitative estimate of drug-likeness (QED) is 0.886. The second kappa shape index (κ2) is 6.25. The summed E-state index contributed by atoms with van der Waals surface area (Å²) in [6.07, 6.45) is 1.27. The van der Waals surface area contributed by atoms with Crippen molar-refractivity contribution in [1.29, 1.82) is 0 Å². The summed E-state index contributed by atoms with van der Waals surface area (Å²) in [5.74, 6) is 1.34. The molecule has 1 aromatic rings. The van der Waals surface area contributed by atoms with Crippen molar-refractivity contribution in [3.05, 3.63) is 35.9 Å². The lowest BCUT2D eigenvalue weighted by atomic mass is 9.84. The second-order valence-electron chi connectivity index (χ2n) is 6.59. The van der Waals surface area contributed by atoms with E-state index in [2.05, 4.69) is 25.7 Å². The van der Waals surface area contributed by atoms with Crippen molar-refractivity contribution in [3.8, 4) is 0 Å². The molecule has 20 heavy (non-hydrogen) atoms. The van der Waals surface area contributed by atoms with Gasteiger partial charge >= 0.3 is 0 Å². The normalized spacial score (nSPS) is 30.9. The van der Waals surface area contributed by atoms with E-state index < -0.39 is 5.60 Å². The van der Waals surface area contributed by atoms with Crippen molar-refractivity contribution in [1.82, 2.24) is 4.90 Å². The molecule has 3 N–H and O–H groups in total. The summed E-state index contributed by atoms with van der Waals surface area (Å²) >= 11 is 0. The van der Waals surface area contributed by atoms with Crippen LogP contribution in [-0.4, -0.2) is 35.7 Å². The van der Waals surface area contributed by atoms with E-state index in [0.717, 1.165) is 12.1 Å². The van der Waals surface area contributed by atoms with Crippen LogP contribution in [0.4, 0.5) is 0 Å². The van der Waals surface area contributed by atoms with Gasteiger partial charge in [0.2, 0.25) is 0 Å². The van der Waals surface area contributed by atoms with Gasteiger partial charge in [-0.25, -0.2) is 0 Å². The standard InChI is InChI=1S/C17H28N2O/c1-13-9-14(2)15(3)19(10-13)12-17(20,11-18)16-7-5-4-6-8-16/h4-8,13-15,20H,9-12,18H2,1-3H3. The number of β-amino-alcohol motifs (C(OH)–C–C–N with tert-alkyl or cyclic N) is 1. The van der Waals surface area contributed by atoms with Gasteiger partial charge in [0.05, 0.1) is 0 Å². The lowest BCUT2D eigenvalue weighted by Gasteiger charge is -2.44. The van der Waals surface area contributed by atoms with E-state index in [9.17, 15) is 5.11 Å². The van der Waals surface area contributed by atoms with Gasteiger partial charge in [0.25, 0.3) is 0 Å². The third-order valence-corrected chi connectivity index (χ3v) is 4.83. The van der Waals surface area contributed by atoms with Crippen LogP contribution < -0.4 is 5.73 Å². The molecule has 0 spiro atoms. The van der Waals surface area contributed by atoms with E-state index in [-0.39, 0.29) is 6.54 Å². The number of likely N-dealkylation sites (tertiary alicyclic amines) is 1. The molecule has 0 saturated carbocycles. The fraction of sp³-hybridized carbons (Fsp3) is 0.647. The molecule has 2 rings (SSSR count). The van der Waals surface area contributed by atoms with E-state index in [1.807, 2.05) is 30.3 Å². The molecule has 3 nitrogen and oxygen atoms in total. The number of nitrogens with zero attached hydrogens (tertiary/aromatic N) is 1. The van der Waals surface area contributed by atoms with Crippen LogP contribution in [0.3, 0.4) is 0 Å². The summed E-state index contributed by atoms with van der Waals surface area (Å²) in [4.78, 5) is 2.40. The Bertz CT molecular complexity index is 422. The smallest absolute Gasteiger partial charge is 0.114 e. The fourth-order valence-corrected chi connectivity index (χ4v) is 3.40. The Balaban J connectivity index is 2.17. The first-order valence-electron chi connectivity index (χ1n) is 7.68. The summed E-state index contributed by atoms with van der Waals surface area (Å²) in [5.41, 5.74) is 5.86. The molecule has 1 aliphatic rings.